The number of nitrogens with zero attached hydrogens (tertiary/aromatic N) is 1. The van der Waals surface area contributed by atoms with Crippen molar-refractivity contribution >= 4 is 18.5 Å². The first-order chi connectivity index (χ1) is 15.0. The Balaban J connectivity index is -0.000000542. The average Bonchev–Trinajstić information content (AvgIpc) is 2.74. The molecule has 0 amide bonds. The molecule has 0 unspecified atom stereocenters. The number of nitrogens with two attached hydrogens (primary N) is 1. The maximum atomic E-state index is 10.3. The van der Waals surface area contributed by atoms with E-state index in [4.69, 9.17) is 15.2 Å². The van der Waals surface area contributed by atoms with E-state index in [0.717, 1.165) is 5.56 Å². The zero-order valence-electron chi connectivity index (χ0n) is 20.9. The van der Waals surface area contributed by atoms with Crippen LogP contribution in [0.2, 0.25) is 0 Å². The molecule has 200 valence electrons. The molecule has 0 bridgehead atoms. The monoisotopic (exact) mass is 508 g/mol. The Kier molecular flexibility index (Phi) is 20.6. The summed E-state index contributed by atoms with van der Waals surface area (Å²) in [4.78, 5) is 14.1. The third-order valence-electron chi connectivity index (χ3n) is 5.12. The third-order valence-corrected chi connectivity index (χ3v) is 5.12. The summed E-state index contributed by atoms with van der Waals surface area (Å²) in [5.41, 5.74) is 8.32. The van der Waals surface area contributed by atoms with Gasteiger partial charge in [0, 0.05) is 6.04 Å². The normalized spacial score (nSPS) is 12.2. The molecule has 5 nitrogen and oxygen atoms in total. The van der Waals surface area contributed by atoms with Crippen LogP contribution in [-0.4, -0.2) is 31.4 Å². The molecule has 0 aromatic heterocycles. The van der Waals surface area contributed by atoms with Crippen LogP contribution in [-0.2, 0) is 27.5 Å². The van der Waals surface area contributed by atoms with Gasteiger partial charge in [-0.2, -0.15) is 4.99 Å². The van der Waals surface area contributed by atoms with Crippen molar-refractivity contribution in [3.63, 3.8) is 0 Å². The van der Waals surface area contributed by atoms with Crippen molar-refractivity contribution in [3.05, 3.63) is 71.8 Å². The highest BCUT2D eigenvalue weighted by Crippen LogP contribution is 2.22. The molecule has 0 aliphatic carbocycles. The summed E-state index contributed by atoms with van der Waals surface area (Å²) in [6, 6.07) is 20.0. The van der Waals surface area contributed by atoms with Gasteiger partial charge >= 0.3 is 0 Å². The molecule has 0 heterocycles. The van der Waals surface area contributed by atoms with Crippen LogP contribution in [0.15, 0.2) is 65.7 Å². The van der Waals surface area contributed by atoms with Crippen LogP contribution in [0.4, 0.5) is 0 Å². The number of halogens is 1. The summed E-state index contributed by atoms with van der Waals surface area (Å²) in [5, 5.41) is 0. The quantitative estimate of drug-likeness (QED) is 0.286. The van der Waals surface area contributed by atoms with Crippen molar-refractivity contribution in [3.8, 4) is 0 Å². The van der Waals surface area contributed by atoms with E-state index in [1.165, 1.54) is 5.56 Å². The fraction of sp³-hybridized carbons (Fsp3) is 0.552. The van der Waals surface area contributed by atoms with Gasteiger partial charge in [-0.05, 0) is 22.0 Å². The van der Waals surface area contributed by atoms with E-state index in [2.05, 4.69) is 37.9 Å². The molecular formula is C29H49ClN2O3. The van der Waals surface area contributed by atoms with E-state index >= 15 is 0 Å². The Morgan fingerprint density at radius 2 is 1.17 bits per heavy atom. The lowest BCUT2D eigenvalue weighted by atomic mass is 9.88. The van der Waals surface area contributed by atoms with E-state index < -0.39 is 0 Å². The topological polar surface area (TPSA) is 73.9 Å². The van der Waals surface area contributed by atoms with Crippen LogP contribution in [0.1, 0.15) is 67.5 Å². The summed E-state index contributed by atoms with van der Waals surface area (Å²) >= 11 is 0. The first kappa shape index (κ1) is 37.5. The van der Waals surface area contributed by atoms with E-state index in [-0.39, 0.29) is 50.2 Å². The van der Waals surface area contributed by atoms with Gasteiger partial charge in [0.1, 0.15) is 0 Å². The van der Waals surface area contributed by atoms with Crippen LogP contribution in [0.5, 0.6) is 0 Å². The molecule has 0 saturated heterocycles. The zero-order chi connectivity index (χ0) is 24.0. The first-order valence-corrected chi connectivity index (χ1v) is 11.1. The predicted molar refractivity (Wildman–Crippen MR) is 152 cm³/mol. The Labute approximate surface area is 220 Å². The van der Waals surface area contributed by atoms with Crippen LogP contribution in [0.3, 0.4) is 0 Å². The number of ether oxygens (including phenoxy) is 2. The van der Waals surface area contributed by atoms with Crippen LogP contribution in [0, 0.1) is 10.8 Å². The minimum absolute atomic E-state index is 0. The van der Waals surface area contributed by atoms with Gasteiger partial charge in [-0.25, -0.2) is 4.79 Å². The standard InChI is InChI=1S/C14H19NO2.C13H21NO.2CH4.ClH/c1-14(2,3)13(15-11-16)10-17-9-12-7-5-4-6-8-12;1-13(2,3)12(14)10-15-9-11-7-5-4-6-8-11;;;/h4-8,13H,9-10H2,1-3H3;4-8,12H,9-10,14H2,1-3H3;2*1H4;1H/t13-;12-;;;/m11.../s1. The number of hydrogen-bond donors (Lipinski definition) is 1. The molecule has 0 radical (unpaired) electrons. The minimum Gasteiger partial charge on any atom is -0.375 e. The smallest absolute Gasteiger partial charge is 0.235 e. The number of aliphatic imine (C=N–C) groups is 1. The van der Waals surface area contributed by atoms with Crippen molar-refractivity contribution in [2.45, 2.75) is 81.7 Å². The second-order valence-corrected chi connectivity index (χ2v) is 10.1. The van der Waals surface area contributed by atoms with E-state index in [0.29, 0.717) is 26.4 Å². The van der Waals surface area contributed by atoms with Crippen LogP contribution < -0.4 is 5.73 Å². The average molecular weight is 509 g/mol. The zero-order valence-corrected chi connectivity index (χ0v) is 21.7. The van der Waals surface area contributed by atoms with Gasteiger partial charge in [0.15, 0.2) is 0 Å². The molecular weight excluding hydrogens is 460 g/mol. The summed E-state index contributed by atoms with van der Waals surface area (Å²) in [5.74, 6) is 0. The van der Waals surface area contributed by atoms with Gasteiger partial charge in [0.05, 0.1) is 32.5 Å². The highest BCUT2D eigenvalue weighted by atomic mass is 35.5. The highest BCUT2D eigenvalue weighted by molar-refractivity contribution is 5.85. The van der Waals surface area contributed by atoms with E-state index in [9.17, 15) is 4.79 Å². The predicted octanol–water partition coefficient (Wildman–Crippen LogP) is 7.22. The Hall–Kier alpha value is -2.01. The van der Waals surface area contributed by atoms with Gasteiger partial charge in [0.2, 0.25) is 6.08 Å². The molecule has 0 saturated carbocycles. The Morgan fingerprint density at radius 3 is 1.51 bits per heavy atom. The van der Waals surface area contributed by atoms with Crippen molar-refractivity contribution in [1.29, 1.82) is 0 Å². The van der Waals surface area contributed by atoms with Crippen molar-refractivity contribution in [2.75, 3.05) is 13.2 Å². The molecule has 2 aromatic rings. The fourth-order valence-corrected chi connectivity index (χ4v) is 2.54. The second kappa shape index (κ2) is 19.2. The van der Waals surface area contributed by atoms with Gasteiger partial charge in [0.25, 0.3) is 0 Å². The lowest BCUT2D eigenvalue weighted by Crippen LogP contribution is -2.39. The number of carbonyl (C=O) groups excluding carboxylic acids is 1. The van der Waals surface area contributed by atoms with Gasteiger partial charge in [-0.3, -0.25) is 0 Å². The van der Waals surface area contributed by atoms with Gasteiger partial charge in [-0.1, -0.05) is 117 Å². The third kappa shape index (κ3) is 17.1. The molecule has 0 spiro atoms. The second-order valence-electron chi connectivity index (χ2n) is 10.1. The number of isocyanates is 1. The maximum absolute atomic E-state index is 10.3. The van der Waals surface area contributed by atoms with E-state index in [1.54, 1.807) is 6.08 Å². The lowest BCUT2D eigenvalue weighted by Gasteiger charge is -2.26. The summed E-state index contributed by atoms with van der Waals surface area (Å²) in [7, 11) is 0. The number of benzene rings is 2. The summed E-state index contributed by atoms with van der Waals surface area (Å²) < 4.78 is 11.2. The molecule has 0 fully saturated rings. The lowest BCUT2D eigenvalue weighted by molar-refractivity contribution is 0.0792. The molecule has 2 atom stereocenters. The Morgan fingerprint density at radius 1 is 0.771 bits per heavy atom. The van der Waals surface area contributed by atoms with Crippen LogP contribution in [0.25, 0.3) is 0 Å². The molecule has 35 heavy (non-hydrogen) atoms. The molecule has 6 heteroatoms. The highest BCUT2D eigenvalue weighted by Gasteiger charge is 2.24. The molecule has 2 N–H and O–H groups in total. The number of rotatable bonds is 9. The largest absolute Gasteiger partial charge is 0.375 e. The Bertz CT molecular complexity index is 796. The van der Waals surface area contributed by atoms with Crippen molar-refractivity contribution in [1.82, 2.24) is 0 Å². The fourth-order valence-electron chi connectivity index (χ4n) is 2.54. The SMILES string of the molecule is C.C.CC(C)(C)[C@@H](COCc1ccccc1)N=C=O.CC(C)(C)[C@H](N)COCc1ccccc1.Cl. The molecule has 2 aromatic carbocycles. The van der Waals surface area contributed by atoms with Gasteiger partial charge < -0.3 is 15.2 Å². The molecule has 0 aliphatic heterocycles. The van der Waals surface area contributed by atoms with E-state index in [1.807, 2.05) is 69.3 Å². The minimum atomic E-state index is -0.149. The molecule has 0 aliphatic rings. The summed E-state index contributed by atoms with van der Waals surface area (Å²) in [6.07, 6.45) is 1.62. The van der Waals surface area contributed by atoms with Crippen LogP contribution >= 0.6 is 12.4 Å². The van der Waals surface area contributed by atoms with Gasteiger partial charge in [-0.15, -0.1) is 12.4 Å². The maximum Gasteiger partial charge on any atom is 0.235 e. The van der Waals surface area contributed by atoms with Crippen molar-refractivity contribution in [2.24, 2.45) is 21.6 Å². The first-order valence-electron chi connectivity index (χ1n) is 11.1. The van der Waals surface area contributed by atoms with Crippen molar-refractivity contribution < 1.29 is 14.3 Å². The molecule has 2 rings (SSSR count). The number of hydrogen-bond acceptors (Lipinski definition) is 5. The summed E-state index contributed by atoms with van der Waals surface area (Å²) in [6.45, 7) is 14.7.